The van der Waals surface area contributed by atoms with Gasteiger partial charge in [-0.1, -0.05) is 43.3 Å². The van der Waals surface area contributed by atoms with Crippen LogP contribution in [0, 0.1) is 5.82 Å². The molecule has 0 saturated heterocycles. The molecular weight excluding hydrogens is 275 g/mol. The van der Waals surface area contributed by atoms with Crippen LogP contribution in [0.25, 0.3) is 6.08 Å². The van der Waals surface area contributed by atoms with Crippen molar-refractivity contribution in [3.63, 3.8) is 0 Å². The zero-order valence-corrected chi connectivity index (χ0v) is 12.7. The lowest BCUT2D eigenvalue weighted by Crippen LogP contribution is -2.35. The minimum absolute atomic E-state index is 0.204. The van der Waals surface area contributed by atoms with Crippen LogP contribution >= 0.6 is 0 Å². The van der Waals surface area contributed by atoms with Gasteiger partial charge in [0.15, 0.2) is 0 Å². The van der Waals surface area contributed by atoms with E-state index in [1.165, 1.54) is 18.6 Å². The molecule has 0 aromatic heterocycles. The van der Waals surface area contributed by atoms with Crippen molar-refractivity contribution in [2.45, 2.75) is 37.7 Å². The first-order chi connectivity index (χ1) is 10.7. The molecule has 0 N–H and O–H groups in total. The molecular formula is C20H21FO. The number of halogens is 1. The molecule has 0 heterocycles. The van der Waals surface area contributed by atoms with E-state index in [0.717, 1.165) is 42.6 Å². The van der Waals surface area contributed by atoms with Crippen molar-refractivity contribution in [2.24, 2.45) is 0 Å². The van der Waals surface area contributed by atoms with Crippen LogP contribution in [0.1, 0.15) is 43.2 Å². The van der Waals surface area contributed by atoms with Crippen molar-refractivity contribution >= 4 is 6.08 Å². The van der Waals surface area contributed by atoms with Gasteiger partial charge in [0.05, 0.1) is 0 Å². The van der Waals surface area contributed by atoms with Crippen LogP contribution in [0.15, 0.2) is 55.1 Å². The SMILES string of the molecule is C=Cc1ccc(OC2(c3ccc(F)cc3)CCCCC2)cc1. The first kappa shape index (κ1) is 14.8. The van der Waals surface area contributed by atoms with Crippen molar-refractivity contribution in [3.05, 3.63) is 72.1 Å². The second-order valence-electron chi connectivity index (χ2n) is 5.94. The predicted molar refractivity (Wildman–Crippen MR) is 88.3 cm³/mol. The summed E-state index contributed by atoms with van der Waals surface area (Å²) in [6, 6.07) is 14.7. The van der Waals surface area contributed by atoms with E-state index in [2.05, 4.69) is 6.58 Å². The molecule has 2 heteroatoms. The van der Waals surface area contributed by atoms with Gasteiger partial charge in [-0.25, -0.2) is 4.39 Å². The number of hydrogen-bond acceptors (Lipinski definition) is 1. The Hall–Kier alpha value is -2.09. The molecule has 1 aliphatic carbocycles. The van der Waals surface area contributed by atoms with Gasteiger partial charge < -0.3 is 4.74 Å². The zero-order valence-electron chi connectivity index (χ0n) is 12.7. The van der Waals surface area contributed by atoms with E-state index in [4.69, 9.17) is 4.74 Å². The quantitative estimate of drug-likeness (QED) is 0.702. The summed E-state index contributed by atoms with van der Waals surface area (Å²) < 4.78 is 19.7. The van der Waals surface area contributed by atoms with Crippen molar-refractivity contribution in [2.75, 3.05) is 0 Å². The summed E-state index contributed by atoms with van der Waals surface area (Å²) in [4.78, 5) is 0. The Kier molecular flexibility index (Phi) is 4.28. The van der Waals surface area contributed by atoms with Crippen LogP contribution in [0.3, 0.4) is 0 Å². The summed E-state index contributed by atoms with van der Waals surface area (Å²) >= 11 is 0. The molecule has 1 nitrogen and oxygen atoms in total. The monoisotopic (exact) mass is 296 g/mol. The van der Waals surface area contributed by atoms with Crippen LogP contribution in [-0.4, -0.2) is 0 Å². The molecule has 0 unspecified atom stereocenters. The predicted octanol–water partition coefficient (Wildman–Crippen LogP) is 5.71. The Labute approximate surface area is 131 Å². The summed E-state index contributed by atoms with van der Waals surface area (Å²) in [5.74, 6) is 0.655. The van der Waals surface area contributed by atoms with Gasteiger partial charge in [-0.05, 0) is 61.1 Å². The lowest BCUT2D eigenvalue weighted by molar-refractivity contribution is 0.0263. The lowest BCUT2D eigenvalue weighted by Gasteiger charge is -2.38. The lowest BCUT2D eigenvalue weighted by atomic mass is 9.79. The molecule has 1 saturated carbocycles. The van der Waals surface area contributed by atoms with E-state index in [1.807, 2.05) is 42.5 Å². The summed E-state index contributed by atoms with van der Waals surface area (Å²) in [5.41, 5.74) is 1.81. The number of hydrogen-bond donors (Lipinski definition) is 0. The van der Waals surface area contributed by atoms with Gasteiger partial charge in [-0.2, -0.15) is 0 Å². The van der Waals surface area contributed by atoms with Gasteiger partial charge in [-0.3, -0.25) is 0 Å². The van der Waals surface area contributed by atoms with Gasteiger partial charge in [0.25, 0.3) is 0 Å². The van der Waals surface area contributed by atoms with Gasteiger partial charge in [0.2, 0.25) is 0 Å². The third-order valence-corrected chi connectivity index (χ3v) is 4.46. The molecule has 0 radical (unpaired) electrons. The van der Waals surface area contributed by atoms with Crippen molar-refractivity contribution in [3.8, 4) is 5.75 Å². The second-order valence-corrected chi connectivity index (χ2v) is 5.94. The maximum absolute atomic E-state index is 13.2. The highest BCUT2D eigenvalue weighted by Crippen LogP contribution is 2.41. The van der Waals surface area contributed by atoms with Gasteiger partial charge >= 0.3 is 0 Å². The number of ether oxygens (including phenoxy) is 1. The Bertz CT molecular complexity index is 622. The van der Waals surface area contributed by atoms with Crippen LogP contribution in [0.5, 0.6) is 5.75 Å². The molecule has 2 aromatic rings. The summed E-state index contributed by atoms with van der Waals surface area (Å²) in [6.45, 7) is 3.77. The Morgan fingerprint density at radius 1 is 0.909 bits per heavy atom. The highest BCUT2D eigenvalue weighted by atomic mass is 19.1. The third kappa shape index (κ3) is 3.06. The fraction of sp³-hybridized carbons (Fsp3) is 0.300. The minimum Gasteiger partial charge on any atom is -0.483 e. The molecule has 1 fully saturated rings. The summed E-state index contributed by atoms with van der Waals surface area (Å²) in [5, 5.41) is 0. The first-order valence-corrected chi connectivity index (χ1v) is 7.89. The zero-order chi connectivity index (χ0) is 15.4. The molecule has 22 heavy (non-hydrogen) atoms. The largest absolute Gasteiger partial charge is 0.483 e. The Morgan fingerprint density at radius 2 is 1.55 bits per heavy atom. The molecule has 0 amide bonds. The van der Waals surface area contributed by atoms with Gasteiger partial charge in [0, 0.05) is 0 Å². The fourth-order valence-corrected chi connectivity index (χ4v) is 3.22. The van der Waals surface area contributed by atoms with Gasteiger partial charge in [0.1, 0.15) is 17.2 Å². The summed E-state index contributed by atoms with van der Waals surface area (Å²) in [7, 11) is 0. The molecule has 3 rings (SSSR count). The van der Waals surface area contributed by atoms with E-state index in [9.17, 15) is 4.39 Å². The van der Waals surface area contributed by atoms with Gasteiger partial charge in [-0.15, -0.1) is 0 Å². The van der Waals surface area contributed by atoms with Crippen LogP contribution < -0.4 is 4.74 Å². The van der Waals surface area contributed by atoms with Crippen molar-refractivity contribution in [1.82, 2.24) is 0 Å². The first-order valence-electron chi connectivity index (χ1n) is 7.89. The molecule has 1 aliphatic rings. The third-order valence-electron chi connectivity index (χ3n) is 4.46. The van der Waals surface area contributed by atoms with Crippen LogP contribution in [0.4, 0.5) is 4.39 Å². The number of rotatable bonds is 4. The standard InChI is InChI=1S/C20H21FO/c1-2-16-6-12-19(13-7-16)22-20(14-4-3-5-15-20)17-8-10-18(21)11-9-17/h2,6-13H,1,3-5,14-15H2. The Morgan fingerprint density at radius 3 is 2.14 bits per heavy atom. The molecule has 0 bridgehead atoms. The Balaban J connectivity index is 1.91. The van der Waals surface area contributed by atoms with Crippen molar-refractivity contribution < 1.29 is 9.13 Å². The van der Waals surface area contributed by atoms with Crippen LogP contribution in [0.2, 0.25) is 0 Å². The average Bonchev–Trinajstić information content (AvgIpc) is 2.57. The topological polar surface area (TPSA) is 9.23 Å². The minimum atomic E-state index is -0.332. The van der Waals surface area contributed by atoms with Crippen LogP contribution in [-0.2, 0) is 5.60 Å². The number of benzene rings is 2. The second kappa shape index (κ2) is 6.35. The fourth-order valence-electron chi connectivity index (χ4n) is 3.22. The van der Waals surface area contributed by atoms with E-state index >= 15 is 0 Å². The molecule has 2 aromatic carbocycles. The summed E-state index contributed by atoms with van der Waals surface area (Å²) in [6.07, 6.45) is 7.29. The van der Waals surface area contributed by atoms with E-state index < -0.39 is 0 Å². The average molecular weight is 296 g/mol. The van der Waals surface area contributed by atoms with E-state index in [0.29, 0.717) is 0 Å². The molecule has 0 aliphatic heterocycles. The van der Waals surface area contributed by atoms with E-state index in [1.54, 1.807) is 0 Å². The maximum atomic E-state index is 13.2. The highest BCUT2D eigenvalue weighted by molar-refractivity contribution is 5.48. The molecule has 0 spiro atoms. The molecule has 114 valence electrons. The highest BCUT2D eigenvalue weighted by Gasteiger charge is 2.36. The maximum Gasteiger partial charge on any atom is 0.134 e. The van der Waals surface area contributed by atoms with Crippen molar-refractivity contribution in [1.29, 1.82) is 0 Å². The normalized spacial score (nSPS) is 17.0. The smallest absolute Gasteiger partial charge is 0.134 e. The molecule has 0 atom stereocenters. The van der Waals surface area contributed by atoms with E-state index in [-0.39, 0.29) is 11.4 Å².